The van der Waals surface area contributed by atoms with E-state index in [0.717, 1.165) is 6.42 Å². The molecule has 1 saturated heterocycles. The molecule has 0 spiro atoms. The standard InChI is InChI=1S/C15H17NO4/c1-2-10-20-12-7-5-11(6-8-12)14(17)16-9-3-4-13(16)15(18)19/h2,5-8,13H,1,3-4,9-10H2,(H,18,19). The van der Waals surface area contributed by atoms with Crippen molar-refractivity contribution in [2.45, 2.75) is 18.9 Å². The van der Waals surface area contributed by atoms with Crippen molar-refractivity contribution in [3.05, 3.63) is 42.5 Å². The summed E-state index contributed by atoms with van der Waals surface area (Å²) in [5, 5.41) is 9.10. The summed E-state index contributed by atoms with van der Waals surface area (Å²) in [5.41, 5.74) is 0.476. The number of hydrogen-bond donors (Lipinski definition) is 1. The molecule has 0 aliphatic carbocycles. The van der Waals surface area contributed by atoms with Crippen LogP contribution < -0.4 is 4.74 Å². The van der Waals surface area contributed by atoms with E-state index >= 15 is 0 Å². The summed E-state index contributed by atoms with van der Waals surface area (Å²) in [6.07, 6.45) is 2.88. The molecule has 20 heavy (non-hydrogen) atoms. The summed E-state index contributed by atoms with van der Waals surface area (Å²) in [6, 6.07) is 5.99. The Bertz CT molecular complexity index is 509. The second-order valence-electron chi connectivity index (χ2n) is 4.62. The van der Waals surface area contributed by atoms with Gasteiger partial charge in [0.15, 0.2) is 0 Å². The molecule has 5 heteroatoms. The number of aliphatic carboxylic acids is 1. The molecule has 2 rings (SSSR count). The summed E-state index contributed by atoms with van der Waals surface area (Å²) < 4.78 is 5.34. The van der Waals surface area contributed by atoms with Crippen molar-refractivity contribution in [3.8, 4) is 5.75 Å². The van der Waals surface area contributed by atoms with E-state index in [1.165, 1.54) is 4.90 Å². The first-order valence-electron chi connectivity index (χ1n) is 6.51. The largest absolute Gasteiger partial charge is 0.490 e. The molecule has 0 aromatic heterocycles. The highest BCUT2D eigenvalue weighted by atomic mass is 16.5. The average Bonchev–Trinajstić information content (AvgIpc) is 2.94. The third-order valence-corrected chi connectivity index (χ3v) is 3.27. The minimum Gasteiger partial charge on any atom is -0.490 e. The van der Waals surface area contributed by atoms with Crippen LogP contribution in [0.3, 0.4) is 0 Å². The minimum absolute atomic E-state index is 0.245. The molecule has 1 fully saturated rings. The fourth-order valence-corrected chi connectivity index (χ4v) is 2.28. The smallest absolute Gasteiger partial charge is 0.326 e. The topological polar surface area (TPSA) is 66.8 Å². The van der Waals surface area contributed by atoms with Gasteiger partial charge < -0.3 is 14.7 Å². The summed E-state index contributed by atoms with van der Waals surface area (Å²) in [7, 11) is 0. The molecule has 1 amide bonds. The van der Waals surface area contributed by atoms with E-state index in [4.69, 9.17) is 9.84 Å². The highest BCUT2D eigenvalue weighted by molar-refractivity contribution is 5.97. The highest BCUT2D eigenvalue weighted by Gasteiger charge is 2.34. The summed E-state index contributed by atoms with van der Waals surface area (Å²) in [4.78, 5) is 24.8. The zero-order chi connectivity index (χ0) is 14.5. The van der Waals surface area contributed by atoms with Gasteiger partial charge in [-0.15, -0.1) is 0 Å². The molecule has 1 aliphatic heterocycles. The van der Waals surface area contributed by atoms with Crippen LogP contribution in [0.5, 0.6) is 5.75 Å². The van der Waals surface area contributed by atoms with Crippen LogP contribution in [0.2, 0.25) is 0 Å². The third-order valence-electron chi connectivity index (χ3n) is 3.27. The van der Waals surface area contributed by atoms with E-state index < -0.39 is 12.0 Å². The Morgan fingerprint density at radius 1 is 1.40 bits per heavy atom. The van der Waals surface area contributed by atoms with Crippen LogP contribution in [-0.4, -0.2) is 41.1 Å². The van der Waals surface area contributed by atoms with E-state index in [-0.39, 0.29) is 5.91 Å². The minimum atomic E-state index is -0.943. The Labute approximate surface area is 117 Å². The van der Waals surface area contributed by atoms with E-state index in [2.05, 4.69) is 6.58 Å². The maximum atomic E-state index is 12.3. The number of benzene rings is 1. The maximum Gasteiger partial charge on any atom is 0.326 e. The van der Waals surface area contributed by atoms with Gasteiger partial charge in [-0.1, -0.05) is 12.7 Å². The molecule has 0 saturated carbocycles. The number of carbonyl (C=O) groups is 2. The van der Waals surface area contributed by atoms with Crippen molar-refractivity contribution in [2.75, 3.05) is 13.2 Å². The quantitative estimate of drug-likeness (QED) is 0.834. The first-order chi connectivity index (χ1) is 9.63. The zero-order valence-corrected chi connectivity index (χ0v) is 11.1. The lowest BCUT2D eigenvalue weighted by molar-refractivity contribution is -0.141. The molecule has 1 aromatic rings. The number of nitrogens with zero attached hydrogens (tertiary/aromatic N) is 1. The number of carboxylic acid groups (broad SMARTS) is 1. The molecule has 5 nitrogen and oxygen atoms in total. The third kappa shape index (κ3) is 2.99. The summed E-state index contributed by atoms with van der Waals surface area (Å²) >= 11 is 0. The zero-order valence-electron chi connectivity index (χ0n) is 11.1. The molecular weight excluding hydrogens is 258 g/mol. The SMILES string of the molecule is C=CCOc1ccc(C(=O)N2CCCC2C(=O)O)cc1. The first-order valence-corrected chi connectivity index (χ1v) is 6.51. The van der Waals surface area contributed by atoms with Gasteiger partial charge in [0.2, 0.25) is 0 Å². The Kier molecular flexibility index (Phi) is 4.40. The van der Waals surface area contributed by atoms with Gasteiger partial charge in [-0.25, -0.2) is 4.79 Å². The van der Waals surface area contributed by atoms with Crippen molar-refractivity contribution in [1.29, 1.82) is 0 Å². The van der Waals surface area contributed by atoms with Gasteiger partial charge in [0.25, 0.3) is 5.91 Å². The van der Waals surface area contributed by atoms with Crippen molar-refractivity contribution >= 4 is 11.9 Å². The van der Waals surface area contributed by atoms with Crippen LogP contribution in [0.25, 0.3) is 0 Å². The monoisotopic (exact) mass is 275 g/mol. The molecule has 1 aliphatic rings. The van der Waals surface area contributed by atoms with Crippen molar-refractivity contribution in [3.63, 3.8) is 0 Å². The highest BCUT2D eigenvalue weighted by Crippen LogP contribution is 2.21. The van der Waals surface area contributed by atoms with E-state index in [1.807, 2.05) is 0 Å². The summed E-state index contributed by atoms with van der Waals surface area (Å²) in [6.45, 7) is 4.45. The predicted molar refractivity (Wildman–Crippen MR) is 73.8 cm³/mol. The van der Waals surface area contributed by atoms with E-state index in [0.29, 0.717) is 30.9 Å². The number of amides is 1. The fraction of sp³-hybridized carbons (Fsp3) is 0.333. The molecule has 106 valence electrons. The molecule has 1 aromatic carbocycles. The van der Waals surface area contributed by atoms with Crippen LogP contribution in [0.15, 0.2) is 36.9 Å². The van der Waals surface area contributed by atoms with E-state index in [9.17, 15) is 9.59 Å². The maximum absolute atomic E-state index is 12.3. The molecule has 1 heterocycles. The first kappa shape index (κ1) is 14.1. The van der Waals surface area contributed by atoms with Crippen LogP contribution in [0.1, 0.15) is 23.2 Å². The van der Waals surface area contributed by atoms with Gasteiger partial charge in [0.1, 0.15) is 18.4 Å². The lowest BCUT2D eigenvalue weighted by Gasteiger charge is -2.21. The van der Waals surface area contributed by atoms with Crippen LogP contribution >= 0.6 is 0 Å². The normalized spacial score (nSPS) is 17.8. The second-order valence-corrected chi connectivity index (χ2v) is 4.62. The Balaban J connectivity index is 2.09. The lowest BCUT2D eigenvalue weighted by atomic mass is 10.1. The molecule has 1 unspecified atom stereocenters. The number of hydrogen-bond acceptors (Lipinski definition) is 3. The summed E-state index contributed by atoms with van der Waals surface area (Å²) in [5.74, 6) is -0.537. The van der Waals surface area contributed by atoms with Crippen molar-refractivity contribution in [1.82, 2.24) is 4.90 Å². The number of ether oxygens (including phenoxy) is 1. The van der Waals surface area contributed by atoms with Crippen molar-refractivity contribution in [2.24, 2.45) is 0 Å². The Morgan fingerprint density at radius 2 is 2.10 bits per heavy atom. The molecule has 0 bridgehead atoms. The molecule has 1 atom stereocenters. The Morgan fingerprint density at radius 3 is 2.70 bits per heavy atom. The van der Waals surface area contributed by atoms with E-state index in [1.54, 1.807) is 30.3 Å². The predicted octanol–water partition coefficient (Wildman–Crippen LogP) is 1.94. The van der Waals surface area contributed by atoms with Gasteiger partial charge in [-0.3, -0.25) is 4.79 Å². The molecular formula is C15H17NO4. The van der Waals surface area contributed by atoms with Crippen LogP contribution in [0, 0.1) is 0 Å². The number of carboxylic acids is 1. The molecule has 0 radical (unpaired) electrons. The number of carbonyl (C=O) groups excluding carboxylic acids is 1. The Hall–Kier alpha value is -2.30. The van der Waals surface area contributed by atoms with Gasteiger partial charge in [-0.2, -0.15) is 0 Å². The second kappa shape index (κ2) is 6.23. The van der Waals surface area contributed by atoms with Crippen LogP contribution in [0.4, 0.5) is 0 Å². The van der Waals surface area contributed by atoms with Crippen LogP contribution in [-0.2, 0) is 4.79 Å². The average molecular weight is 275 g/mol. The van der Waals surface area contributed by atoms with Gasteiger partial charge in [0.05, 0.1) is 0 Å². The fourth-order valence-electron chi connectivity index (χ4n) is 2.28. The van der Waals surface area contributed by atoms with Gasteiger partial charge in [0, 0.05) is 12.1 Å². The number of rotatable bonds is 5. The molecule has 1 N–H and O–H groups in total. The van der Waals surface area contributed by atoms with Gasteiger partial charge in [-0.05, 0) is 37.1 Å². The lowest BCUT2D eigenvalue weighted by Crippen LogP contribution is -2.40. The number of likely N-dealkylation sites (tertiary alicyclic amines) is 1. The van der Waals surface area contributed by atoms with Crippen molar-refractivity contribution < 1.29 is 19.4 Å². The van der Waals surface area contributed by atoms with Gasteiger partial charge >= 0.3 is 5.97 Å².